The summed E-state index contributed by atoms with van der Waals surface area (Å²) >= 11 is 0. The van der Waals surface area contributed by atoms with Gasteiger partial charge in [0.1, 0.15) is 13.2 Å². The molecule has 9 heteroatoms. The third-order valence-corrected chi connectivity index (χ3v) is 18.6. The predicted molar refractivity (Wildman–Crippen MR) is 353 cm³/mol. The minimum atomic E-state index is -4.57. The van der Waals surface area contributed by atoms with E-state index in [1.54, 1.807) is 0 Å². The van der Waals surface area contributed by atoms with Crippen LogP contribution in [-0.4, -0.2) is 68.5 Å². The van der Waals surface area contributed by atoms with Gasteiger partial charge in [-0.05, 0) is 12.8 Å². The molecule has 2 N–H and O–H groups in total. The Morgan fingerprint density at radius 2 is 0.605 bits per heavy atom. The van der Waals surface area contributed by atoms with Gasteiger partial charge in [0, 0.05) is 6.42 Å². The van der Waals surface area contributed by atoms with Crippen molar-refractivity contribution < 1.29 is 32.9 Å². The second-order valence-corrected chi connectivity index (χ2v) is 28.4. The van der Waals surface area contributed by atoms with Gasteiger partial charge in [0.05, 0.1) is 39.9 Å². The maximum atomic E-state index is 13.1. The second-order valence-electron chi connectivity index (χ2n) is 27.0. The van der Waals surface area contributed by atoms with Crippen LogP contribution in [0.15, 0.2) is 0 Å². The molecule has 0 heterocycles. The molecule has 0 radical (unpaired) electrons. The van der Waals surface area contributed by atoms with Crippen LogP contribution in [-0.2, 0) is 18.4 Å². The molecule has 0 bridgehead atoms. The van der Waals surface area contributed by atoms with Gasteiger partial charge in [0.2, 0.25) is 5.91 Å². The molecule has 0 fully saturated rings. The smallest absolute Gasteiger partial charge is 0.268 e. The summed E-state index contributed by atoms with van der Waals surface area (Å²) in [5.74, 6) is -0.153. The summed E-state index contributed by atoms with van der Waals surface area (Å²) in [6.07, 6.45) is 80.7. The standard InChI is InChI=1S/C72H147N2O6P/c1-6-8-10-12-14-16-18-20-22-24-26-28-29-30-31-32-33-34-35-36-37-38-39-40-41-42-43-44-45-46-48-50-52-54-56-58-60-62-64-66-72(76)73-70(69-80-81(77,78)79-68-67-74(3,4)5)71(75)65-63-61-59-57-55-53-51-49-47-27-25-23-21-19-17-15-13-11-9-7-2/h70-71,75H,6-69H2,1-5H3,(H-,73,76,77,78). The first-order valence-electron chi connectivity index (χ1n) is 36.9. The van der Waals surface area contributed by atoms with E-state index in [2.05, 4.69) is 19.2 Å². The molecule has 8 nitrogen and oxygen atoms in total. The largest absolute Gasteiger partial charge is 0.756 e. The summed E-state index contributed by atoms with van der Waals surface area (Å²) in [5.41, 5.74) is 0. The molecule has 0 spiro atoms. The fourth-order valence-corrected chi connectivity index (χ4v) is 12.6. The fourth-order valence-electron chi connectivity index (χ4n) is 11.9. The third-order valence-electron chi connectivity index (χ3n) is 17.6. The molecule has 0 aliphatic heterocycles. The Balaban J connectivity index is 3.85. The Kier molecular flexibility index (Phi) is 63.6. The number of carbonyl (C=O) groups is 1. The summed E-state index contributed by atoms with van der Waals surface area (Å²) < 4.78 is 23.5. The van der Waals surface area contributed by atoms with Crippen molar-refractivity contribution in [2.45, 2.75) is 418 Å². The van der Waals surface area contributed by atoms with Crippen LogP contribution in [0, 0.1) is 0 Å². The molecule has 0 saturated heterocycles. The number of aliphatic hydroxyl groups is 1. The molecule has 0 aromatic rings. The maximum absolute atomic E-state index is 13.1. The van der Waals surface area contributed by atoms with Crippen LogP contribution in [0.1, 0.15) is 406 Å². The van der Waals surface area contributed by atoms with Crippen molar-refractivity contribution in [3.8, 4) is 0 Å². The molecule has 486 valence electrons. The average Bonchev–Trinajstić information content (AvgIpc) is 3.43. The van der Waals surface area contributed by atoms with E-state index in [-0.39, 0.29) is 19.1 Å². The third kappa shape index (κ3) is 66.9. The number of amides is 1. The first-order chi connectivity index (χ1) is 39.5. The minimum absolute atomic E-state index is 0.0169. The average molecular weight is 1170 g/mol. The molecule has 3 unspecified atom stereocenters. The maximum Gasteiger partial charge on any atom is 0.268 e. The number of nitrogens with zero attached hydrogens (tertiary/aromatic N) is 1. The second kappa shape index (κ2) is 64.0. The number of nitrogens with one attached hydrogen (secondary N) is 1. The number of hydrogen-bond acceptors (Lipinski definition) is 6. The van der Waals surface area contributed by atoms with Gasteiger partial charge in [-0.1, -0.05) is 386 Å². The van der Waals surface area contributed by atoms with Crippen molar-refractivity contribution in [1.29, 1.82) is 0 Å². The van der Waals surface area contributed by atoms with E-state index in [0.29, 0.717) is 23.9 Å². The summed E-state index contributed by atoms with van der Waals surface area (Å²) in [5, 5.41) is 14.1. The van der Waals surface area contributed by atoms with Crippen molar-refractivity contribution in [1.82, 2.24) is 5.32 Å². The Hall–Kier alpha value is -0.500. The molecular weight excluding hydrogens is 1020 g/mol. The molecule has 0 aromatic heterocycles. The number of hydrogen-bond donors (Lipinski definition) is 2. The summed E-state index contributed by atoms with van der Waals surface area (Å²) in [6.45, 7) is 4.80. The van der Waals surface area contributed by atoms with Crippen LogP contribution in [0.4, 0.5) is 0 Å². The number of unbranched alkanes of at least 4 members (excludes halogenated alkanes) is 57. The number of rotatable bonds is 70. The van der Waals surface area contributed by atoms with Gasteiger partial charge in [-0.15, -0.1) is 0 Å². The molecule has 0 aliphatic carbocycles. The molecule has 81 heavy (non-hydrogen) atoms. The van der Waals surface area contributed by atoms with Crippen LogP contribution in [0.2, 0.25) is 0 Å². The van der Waals surface area contributed by atoms with Crippen molar-refractivity contribution in [2.75, 3.05) is 40.9 Å². The lowest BCUT2D eigenvalue weighted by atomic mass is 10.0. The highest BCUT2D eigenvalue weighted by Gasteiger charge is 2.24. The van der Waals surface area contributed by atoms with E-state index in [9.17, 15) is 19.4 Å². The Morgan fingerprint density at radius 3 is 0.840 bits per heavy atom. The number of carbonyl (C=O) groups excluding carboxylic acids is 1. The van der Waals surface area contributed by atoms with E-state index < -0.39 is 20.0 Å². The zero-order chi connectivity index (χ0) is 59.1. The summed E-state index contributed by atoms with van der Waals surface area (Å²) in [7, 11) is 1.33. The van der Waals surface area contributed by atoms with Crippen molar-refractivity contribution in [3.63, 3.8) is 0 Å². The van der Waals surface area contributed by atoms with Gasteiger partial charge >= 0.3 is 0 Å². The van der Waals surface area contributed by atoms with E-state index in [1.165, 1.54) is 340 Å². The number of aliphatic hydroxyl groups excluding tert-OH is 1. The highest BCUT2D eigenvalue weighted by Crippen LogP contribution is 2.38. The molecule has 0 rings (SSSR count). The first-order valence-corrected chi connectivity index (χ1v) is 38.3. The molecular formula is C72H147N2O6P. The lowest BCUT2D eigenvalue weighted by Crippen LogP contribution is -2.46. The van der Waals surface area contributed by atoms with Gasteiger partial charge in [-0.3, -0.25) is 9.36 Å². The summed E-state index contributed by atoms with van der Waals surface area (Å²) in [6, 6.07) is -0.797. The van der Waals surface area contributed by atoms with Crippen LogP contribution in [0.25, 0.3) is 0 Å². The number of phosphoric ester groups is 1. The minimum Gasteiger partial charge on any atom is -0.756 e. The Bertz CT molecular complexity index is 1280. The van der Waals surface area contributed by atoms with E-state index in [1.807, 2.05) is 21.1 Å². The molecule has 1 amide bonds. The quantitative estimate of drug-likeness (QED) is 0.0357. The van der Waals surface area contributed by atoms with E-state index in [0.717, 1.165) is 38.5 Å². The van der Waals surface area contributed by atoms with Crippen molar-refractivity contribution >= 4 is 13.7 Å². The monoisotopic (exact) mass is 1170 g/mol. The van der Waals surface area contributed by atoms with Gasteiger partial charge in [-0.2, -0.15) is 0 Å². The fraction of sp³-hybridized carbons (Fsp3) is 0.986. The summed E-state index contributed by atoms with van der Waals surface area (Å²) in [4.78, 5) is 25.7. The van der Waals surface area contributed by atoms with Crippen LogP contribution in [0.5, 0.6) is 0 Å². The number of phosphoric acid groups is 1. The van der Waals surface area contributed by atoms with E-state index in [4.69, 9.17) is 9.05 Å². The van der Waals surface area contributed by atoms with E-state index >= 15 is 0 Å². The normalized spacial score (nSPS) is 13.5. The lowest BCUT2D eigenvalue weighted by molar-refractivity contribution is -0.870. The lowest BCUT2D eigenvalue weighted by Gasteiger charge is -2.30. The van der Waals surface area contributed by atoms with Gasteiger partial charge < -0.3 is 28.8 Å². The SMILES string of the molecule is CCCCCCCCCCCCCCCCCCCCCCCCCCCCCCCCCCCCCCCCCC(=O)NC(COP(=O)([O-])OCC[N+](C)(C)C)C(O)CCCCCCCCCCCCCCCCCCCCCC. The van der Waals surface area contributed by atoms with Gasteiger partial charge in [0.25, 0.3) is 7.82 Å². The molecule has 0 saturated carbocycles. The highest BCUT2D eigenvalue weighted by atomic mass is 31.2. The molecule has 3 atom stereocenters. The zero-order valence-electron chi connectivity index (χ0n) is 55.8. The zero-order valence-corrected chi connectivity index (χ0v) is 56.7. The highest BCUT2D eigenvalue weighted by molar-refractivity contribution is 7.45. The number of quaternary nitrogens is 1. The van der Waals surface area contributed by atoms with Gasteiger partial charge in [-0.25, -0.2) is 0 Å². The number of likely N-dealkylation sites (N-methyl/N-ethyl adjacent to an activating group) is 1. The van der Waals surface area contributed by atoms with Crippen molar-refractivity contribution in [3.05, 3.63) is 0 Å². The predicted octanol–water partition coefficient (Wildman–Crippen LogP) is 22.9. The Morgan fingerprint density at radius 1 is 0.383 bits per heavy atom. The molecule has 0 aromatic carbocycles. The van der Waals surface area contributed by atoms with Crippen LogP contribution in [0.3, 0.4) is 0 Å². The van der Waals surface area contributed by atoms with Crippen molar-refractivity contribution in [2.24, 2.45) is 0 Å². The van der Waals surface area contributed by atoms with Crippen LogP contribution < -0.4 is 10.2 Å². The Labute approximate surface area is 508 Å². The topological polar surface area (TPSA) is 108 Å². The van der Waals surface area contributed by atoms with Crippen LogP contribution >= 0.6 is 7.82 Å². The first kappa shape index (κ1) is 80.5. The van der Waals surface area contributed by atoms with Gasteiger partial charge in [0.15, 0.2) is 0 Å². The molecule has 0 aliphatic rings.